The van der Waals surface area contributed by atoms with E-state index >= 15 is 0 Å². The fourth-order valence-electron chi connectivity index (χ4n) is 2.22. The molecule has 0 aliphatic rings. The first kappa shape index (κ1) is 14.4. The molecule has 5 heteroatoms. The molecule has 0 aliphatic carbocycles. The fraction of sp³-hybridized carbons (Fsp3) is 0.400. The normalized spacial score (nSPS) is 12.4. The Bertz CT molecular complexity index is 550. The van der Waals surface area contributed by atoms with Gasteiger partial charge in [0.05, 0.1) is 37.1 Å². The molecule has 1 aromatic heterocycles. The summed E-state index contributed by atoms with van der Waals surface area (Å²) in [6.07, 6.45) is 3.70. The summed E-state index contributed by atoms with van der Waals surface area (Å²) in [5.74, 6) is 0.807. The number of nitrogens with one attached hydrogen (secondary N) is 1. The molecule has 0 spiro atoms. The van der Waals surface area contributed by atoms with Crippen molar-refractivity contribution in [2.75, 3.05) is 19.0 Å². The zero-order valence-electron chi connectivity index (χ0n) is 12.2. The molecular formula is C15H22N4O. The van der Waals surface area contributed by atoms with E-state index < -0.39 is 0 Å². The molecule has 5 nitrogen and oxygen atoms in total. The van der Waals surface area contributed by atoms with Gasteiger partial charge in [-0.3, -0.25) is 0 Å². The zero-order chi connectivity index (χ0) is 14.5. The number of nitrogens with two attached hydrogens (primary N) is 1. The van der Waals surface area contributed by atoms with Gasteiger partial charge in [-0.15, -0.1) is 0 Å². The molecule has 0 saturated heterocycles. The van der Waals surface area contributed by atoms with Crippen LogP contribution in [0.5, 0.6) is 5.75 Å². The van der Waals surface area contributed by atoms with Crippen molar-refractivity contribution in [2.24, 2.45) is 5.73 Å². The van der Waals surface area contributed by atoms with Crippen LogP contribution >= 0.6 is 0 Å². The number of ether oxygens (including phenoxy) is 1. The highest BCUT2D eigenvalue weighted by Gasteiger charge is 2.17. The predicted molar refractivity (Wildman–Crippen MR) is 81.0 cm³/mol. The van der Waals surface area contributed by atoms with E-state index in [4.69, 9.17) is 10.5 Å². The minimum absolute atomic E-state index is 0.00352. The Balaban J connectivity index is 2.27. The van der Waals surface area contributed by atoms with Crippen LogP contribution in [0, 0.1) is 0 Å². The van der Waals surface area contributed by atoms with Crippen molar-refractivity contribution in [3.8, 4) is 5.75 Å². The number of aromatic nitrogens is 2. The van der Waals surface area contributed by atoms with Gasteiger partial charge in [0, 0.05) is 12.6 Å². The number of imidazole rings is 1. The maximum absolute atomic E-state index is 5.93. The molecular weight excluding hydrogens is 252 g/mol. The van der Waals surface area contributed by atoms with Gasteiger partial charge in [0.25, 0.3) is 0 Å². The summed E-state index contributed by atoms with van der Waals surface area (Å²) in [6.45, 7) is 4.74. The topological polar surface area (TPSA) is 65.1 Å². The van der Waals surface area contributed by atoms with Crippen molar-refractivity contribution in [2.45, 2.75) is 25.9 Å². The van der Waals surface area contributed by atoms with E-state index in [9.17, 15) is 0 Å². The number of nitrogens with zero attached hydrogens (tertiary/aromatic N) is 2. The van der Waals surface area contributed by atoms with Crippen molar-refractivity contribution in [3.05, 3.63) is 42.5 Å². The molecule has 1 atom stereocenters. The Morgan fingerprint density at radius 1 is 1.35 bits per heavy atom. The molecule has 0 amide bonds. The molecule has 108 valence electrons. The molecule has 1 heterocycles. The van der Waals surface area contributed by atoms with E-state index in [-0.39, 0.29) is 6.04 Å². The van der Waals surface area contributed by atoms with Crippen molar-refractivity contribution in [1.29, 1.82) is 0 Å². The summed E-state index contributed by atoms with van der Waals surface area (Å²) < 4.78 is 7.48. The number of benzene rings is 1. The lowest BCUT2D eigenvalue weighted by Gasteiger charge is -2.22. The van der Waals surface area contributed by atoms with Gasteiger partial charge >= 0.3 is 0 Å². The second-order valence-electron chi connectivity index (χ2n) is 4.95. The van der Waals surface area contributed by atoms with E-state index in [1.54, 1.807) is 7.11 Å². The number of hydrogen-bond acceptors (Lipinski definition) is 4. The summed E-state index contributed by atoms with van der Waals surface area (Å²) in [7, 11) is 1.66. The number of rotatable bonds is 6. The van der Waals surface area contributed by atoms with Crippen molar-refractivity contribution >= 4 is 5.69 Å². The number of methoxy groups -OCH3 is 1. The quantitative estimate of drug-likeness (QED) is 0.849. The highest BCUT2D eigenvalue weighted by Crippen LogP contribution is 2.28. The molecule has 1 aromatic carbocycles. The third kappa shape index (κ3) is 2.93. The van der Waals surface area contributed by atoms with Crippen LogP contribution in [0.25, 0.3) is 0 Å². The zero-order valence-corrected chi connectivity index (χ0v) is 12.2. The van der Waals surface area contributed by atoms with Gasteiger partial charge in [-0.2, -0.15) is 0 Å². The van der Waals surface area contributed by atoms with Crippen LogP contribution < -0.4 is 15.8 Å². The van der Waals surface area contributed by atoms with E-state index in [2.05, 4.69) is 28.7 Å². The smallest absolute Gasteiger partial charge is 0.141 e. The summed E-state index contributed by atoms with van der Waals surface area (Å²) >= 11 is 0. The maximum Gasteiger partial charge on any atom is 0.141 e. The van der Waals surface area contributed by atoms with Gasteiger partial charge in [0.1, 0.15) is 5.75 Å². The molecule has 0 fully saturated rings. The van der Waals surface area contributed by atoms with E-state index in [1.165, 1.54) is 0 Å². The first-order chi connectivity index (χ1) is 9.67. The van der Waals surface area contributed by atoms with Crippen LogP contribution in [0.15, 0.2) is 36.8 Å². The standard InChI is InChI=1S/C15H22N4O/c1-11(2)19-10-17-9-14(19)13(8-16)18-12-6-4-5-7-15(12)20-3/h4-7,9-11,13,18H,8,16H2,1-3H3. The molecule has 3 N–H and O–H groups in total. The van der Waals surface area contributed by atoms with Crippen molar-refractivity contribution < 1.29 is 4.74 Å². The summed E-state index contributed by atoms with van der Waals surface area (Å²) in [5.41, 5.74) is 7.94. The molecule has 0 aliphatic heterocycles. The third-order valence-corrected chi connectivity index (χ3v) is 3.28. The molecule has 1 unspecified atom stereocenters. The predicted octanol–water partition coefficient (Wildman–Crippen LogP) is 2.58. The summed E-state index contributed by atoms with van der Waals surface area (Å²) in [4.78, 5) is 4.23. The van der Waals surface area contributed by atoms with Crippen molar-refractivity contribution in [1.82, 2.24) is 9.55 Å². The molecule has 0 saturated carbocycles. The van der Waals surface area contributed by atoms with Gasteiger partial charge in [-0.25, -0.2) is 4.98 Å². The second kappa shape index (κ2) is 6.43. The number of para-hydroxylation sites is 2. The van der Waals surface area contributed by atoms with Crippen LogP contribution in [-0.2, 0) is 0 Å². The van der Waals surface area contributed by atoms with Crippen LogP contribution in [0.1, 0.15) is 31.6 Å². The molecule has 2 rings (SSSR count). The van der Waals surface area contributed by atoms with Gasteiger partial charge in [0.15, 0.2) is 0 Å². The number of hydrogen-bond donors (Lipinski definition) is 2. The van der Waals surface area contributed by atoms with Gasteiger partial charge < -0.3 is 20.4 Å². The van der Waals surface area contributed by atoms with Gasteiger partial charge in [-0.1, -0.05) is 12.1 Å². The second-order valence-corrected chi connectivity index (χ2v) is 4.95. The Morgan fingerprint density at radius 3 is 2.75 bits per heavy atom. The van der Waals surface area contributed by atoms with Crippen LogP contribution in [0.3, 0.4) is 0 Å². The highest BCUT2D eigenvalue weighted by atomic mass is 16.5. The lowest BCUT2D eigenvalue weighted by atomic mass is 10.1. The minimum Gasteiger partial charge on any atom is -0.495 e. The average molecular weight is 274 g/mol. The van der Waals surface area contributed by atoms with E-state index in [0.29, 0.717) is 12.6 Å². The fourth-order valence-corrected chi connectivity index (χ4v) is 2.22. The Morgan fingerprint density at radius 2 is 2.10 bits per heavy atom. The molecule has 2 aromatic rings. The largest absolute Gasteiger partial charge is 0.495 e. The average Bonchev–Trinajstić information content (AvgIpc) is 2.94. The first-order valence-electron chi connectivity index (χ1n) is 6.78. The first-order valence-corrected chi connectivity index (χ1v) is 6.78. The summed E-state index contributed by atoms with van der Waals surface area (Å²) in [6, 6.07) is 8.17. The Hall–Kier alpha value is -2.01. The van der Waals surface area contributed by atoms with Crippen LogP contribution in [0.2, 0.25) is 0 Å². The van der Waals surface area contributed by atoms with E-state index in [0.717, 1.165) is 17.1 Å². The number of anilines is 1. The minimum atomic E-state index is -0.00352. The Labute approximate surface area is 119 Å². The molecule has 0 radical (unpaired) electrons. The van der Waals surface area contributed by atoms with Crippen LogP contribution in [0.4, 0.5) is 5.69 Å². The lowest BCUT2D eigenvalue weighted by molar-refractivity contribution is 0.416. The Kier molecular flexibility index (Phi) is 4.63. The van der Waals surface area contributed by atoms with Crippen LogP contribution in [-0.4, -0.2) is 23.2 Å². The molecule has 20 heavy (non-hydrogen) atoms. The SMILES string of the molecule is COc1ccccc1NC(CN)c1cncn1C(C)C. The van der Waals surface area contributed by atoms with E-state index in [1.807, 2.05) is 36.8 Å². The van der Waals surface area contributed by atoms with Gasteiger partial charge in [0.2, 0.25) is 0 Å². The van der Waals surface area contributed by atoms with Gasteiger partial charge in [-0.05, 0) is 26.0 Å². The third-order valence-electron chi connectivity index (χ3n) is 3.28. The lowest BCUT2D eigenvalue weighted by Crippen LogP contribution is -2.24. The van der Waals surface area contributed by atoms with Crippen molar-refractivity contribution in [3.63, 3.8) is 0 Å². The monoisotopic (exact) mass is 274 g/mol. The summed E-state index contributed by atoms with van der Waals surface area (Å²) in [5, 5.41) is 3.44. The maximum atomic E-state index is 5.93. The molecule has 0 bridgehead atoms. The highest BCUT2D eigenvalue weighted by molar-refractivity contribution is 5.57.